The van der Waals surface area contributed by atoms with E-state index in [1.165, 1.54) is 12.3 Å². The summed E-state index contributed by atoms with van der Waals surface area (Å²) < 4.78 is 19.8. The van der Waals surface area contributed by atoms with Crippen LogP contribution in [0.4, 0.5) is 0 Å². The molecular weight excluding hydrogens is 138 g/mol. The van der Waals surface area contributed by atoms with Crippen molar-refractivity contribution >= 4 is 11.3 Å². The summed E-state index contributed by atoms with van der Waals surface area (Å²) in [7, 11) is 0. The Hall–Kier alpha value is -0.610. The lowest BCUT2D eigenvalue weighted by molar-refractivity contribution is 0.493. The second kappa shape index (κ2) is 4.29. The van der Waals surface area contributed by atoms with Crippen LogP contribution in [0.15, 0.2) is 25.4 Å². The Bertz CT molecular complexity index is 135. The highest BCUT2D eigenvalue weighted by Crippen LogP contribution is 1.90. The molecule has 1 unspecified atom stereocenters. The van der Waals surface area contributed by atoms with Crippen LogP contribution < -0.4 is 0 Å². The molecule has 0 bridgehead atoms. The molecule has 3 nitrogen and oxygen atoms in total. The van der Waals surface area contributed by atoms with Gasteiger partial charge in [-0.15, -0.1) is 6.58 Å². The molecule has 0 aromatic carbocycles. The van der Waals surface area contributed by atoms with Crippen molar-refractivity contribution in [1.82, 2.24) is 4.31 Å². The minimum Gasteiger partial charge on any atom is -0.289 e. The van der Waals surface area contributed by atoms with E-state index >= 15 is 0 Å². The molecule has 0 fully saturated rings. The summed E-state index contributed by atoms with van der Waals surface area (Å²) in [5.74, 6) is 0. The maximum absolute atomic E-state index is 10.2. The Labute approximate surface area is 57.1 Å². The number of nitrogens with zero attached hydrogens (tertiary/aromatic N) is 1. The first-order valence-corrected chi connectivity index (χ1v) is 3.39. The maximum atomic E-state index is 10.2. The first kappa shape index (κ1) is 8.39. The van der Waals surface area contributed by atoms with Crippen molar-refractivity contribution in [1.29, 1.82) is 0 Å². The maximum Gasteiger partial charge on any atom is 0.261 e. The average Bonchev–Trinajstić information content (AvgIpc) is 1.82. The van der Waals surface area contributed by atoms with Crippen molar-refractivity contribution in [2.75, 3.05) is 6.54 Å². The smallest absolute Gasteiger partial charge is 0.261 e. The molecule has 4 heteroatoms. The lowest BCUT2D eigenvalue weighted by atomic mass is 10.6. The van der Waals surface area contributed by atoms with Gasteiger partial charge in [0.15, 0.2) is 0 Å². The van der Waals surface area contributed by atoms with Gasteiger partial charge >= 0.3 is 0 Å². The van der Waals surface area contributed by atoms with Crippen LogP contribution in [0.3, 0.4) is 0 Å². The monoisotopic (exact) mass is 147 g/mol. The van der Waals surface area contributed by atoms with Crippen molar-refractivity contribution in [3.05, 3.63) is 25.4 Å². The van der Waals surface area contributed by atoms with Gasteiger partial charge in [0.05, 0.1) is 6.54 Å². The lowest BCUT2D eigenvalue weighted by Crippen LogP contribution is -2.18. The topological polar surface area (TPSA) is 40.5 Å². The predicted octanol–water partition coefficient (Wildman–Crippen LogP) is 0.755. The second-order valence-corrected chi connectivity index (χ2v) is 2.23. The normalized spacial score (nSPS) is 12.1. The molecule has 0 aromatic rings. The number of rotatable bonds is 4. The molecule has 0 saturated carbocycles. The van der Waals surface area contributed by atoms with Gasteiger partial charge in [-0.25, -0.2) is 4.21 Å². The van der Waals surface area contributed by atoms with E-state index in [2.05, 4.69) is 13.2 Å². The Morgan fingerprint density at radius 2 is 2.22 bits per heavy atom. The minimum atomic E-state index is -1.96. The fourth-order valence-electron chi connectivity index (χ4n) is 0.329. The van der Waals surface area contributed by atoms with Crippen LogP contribution in [-0.4, -0.2) is 19.6 Å². The first-order chi connectivity index (χ1) is 4.22. The Morgan fingerprint density at radius 1 is 1.67 bits per heavy atom. The predicted molar refractivity (Wildman–Crippen MR) is 37.9 cm³/mol. The molecule has 0 amide bonds. The standard InChI is InChI=1S/C5H9NO2S/c1-3-5-6(4-2)9(7)8/h3-4H,1-2,5H2,(H,7,8). The highest BCUT2D eigenvalue weighted by atomic mass is 32.2. The van der Waals surface area contributed by atoms with Crippen LogP contribution in [0.25, 0.3) is 0 Å². The van der Waals surface area contributed by atoms with Crippen molar-refractivity contribution in [2.45, 2.75) is 0 Å². The molecule has 0 aliphatic rings. The molecule has 1 N–H and O–H groups in total. The highest BCUT2D eigenvalue weighted by Gasteiger charge is 1.99. The summed E-state index contributed by atoms with van der Waals surface area (Å²) in [5.41, 5.74) is 0. The molecule has 9 heavy (non-hydrogen) atoms. The SMILES string of the molecule is C=CCN(C=C)S(=O)O. The summed E-state index contributed by atoms with van der Waals surface area (Å²) >= 11 is -1.96. The summed E-state index contributed by atoms with van der Waals surface area (Å²) in [6, 6.07) is 0. The zero-order chi connectivity index (χ0) is 7.28. The van der Waals surface area contributed by atoms with Crippen LogP contribution in [0.2, 0.25) is 0 Å². The van der Waals surface area contributed by atoms with Crippen molar-refractivity contribution in [2.24, 2.45) is 0 Å². The zero-order valence-corrected chi connectivity index (χ0v) is 5.80. The summed E-state index contributed by atoms with van der Waals surface area (Å²) in [5, 5.41) is 0. The molecule has 0 aromatic heterocycles. The third kappa shape index (κ3) is 3.05. The summed E-state index contributed by atoms with van der Waals surface area (Å²) in [4.78, 5) is 0. The van der Waals surface area contributed by atoms with Crippen molar-refractivity contribution < 1.29 is 8.76 Å². The molecule has 0 rings (SSSR count). The molecule has 1 atom stereocenters. The van der Waals surface area contributed by atoms with Crippen molar-refractivity contribution in [3.8, 4) is 0 Å². The molecule has 0 saturated heterocycles. The van der Waals surface area contributed by atoms with Crippen LogP contribution in [0.1, 0.15) is 0 Å². The Kier molecular flexibility index (Phi) is 4.00. The Morgan fingerprint density at radius 3 is 2.33 bits per heavy atom. The van der Waals surface area contributed by atoms with Gasteiger partial charge in [-0.2, -0.15) is 0 Å². The van der Waals surface area contributed by atoms with E-state index in [0.717, 1.165) is 4.31 Å². The molecule has 0 aliphatic heterocycles. The lowest BCUT2D eigenvalue weighted by Gasteiger charge is -2.09. The third-order valence-electron chi connectivity index (χ3n) is 0.713. The molecule has 52 valence electrons. The van der Waals surface area contributed by atoms with Gasteiger partial charge < -0.3 is 0 Å². The van der Waals surface area contributed by atoms with E-state index in [1.807, 2.05) is 0 Å². The quantitative estimate of drug-likeness (QED) is 0.471. The van der Waals surface area contributed by atoms with E-state index in [1.54, 1.807) is 0 Å². The van der Waals surface area contributed by atoms with E-state index in [-0.39, 0.29) is 0 Å². The van der Waals surface area contributed by atoms with Crippen LogP contribution in [0, 0.1) is 0 Å². The second-order valence-electron chi connectivity index (χ2n) is 1.30. The minimum absolute atomic E-state index is 0.340. The van der Waals surface area contributed by atoms with Gasteiger partial charge in [0.1, 0.15) is 0 Å². The number of hydrogen-bond acceptors (Lipinski definition) is 1. The molecule has 0 radical (unpaired) electrons. The van der Waals surface area contributed by atoms with Gasteiger partial charge in [0.25, 0.3) is 11.3 Å². The molecular formula is C5H9NO2S. The van der Waals surface area contributed by atoms with E-state index in [9.17, 15) is 4.21 Å². The average molecular weight is 147 g/mol. The number of hydrogen-bond donors (Lipinski definition) is 1. The van der Waals surface area contributed by atoms with Gasteiger partial charge in [0, 0.05) is 6.20 Å². The third-order valence-corrected chi connectivity index (χ3v) is 1.41. The van der Waals surface area contributed by atoms with Crippen LogP contribution in [0.5, 0.6) is 0 Å². The van der Waals surface area contributed by atoms with Crippen LogP contribution >= 0.6 is 0 Å². The van der Waals surface area contributed by atoms with E-state index in [0.29, 0.717) is 6.54 Å². The largest absolute Gasteiger partial charge is 0.289 e. The molecule has 0 aliphatic carbocycles. The summed E-state index contributed by atoms with van der Waals surface area (Å²) in [6.45, 7) is 7.06. The first-order valence-electron chi connectivity index (χ1n) is 2.33. The molecule has 0 spiro atoms. The Balaban J connectivity index is 3.81. The van der Waals surface area contributed by atoms with E-state index in [4.69, 9.17) is 4.55 Å². The molecule has 0 heterocycles. The van der Waals surface area contributed by atoms with Gasteiger partial charge in [-0.05, 0) is 0 Å². The fraction of sp³-hybridized carbons (Fsp3) is 0.200. The van der Waals surface area contributed by atoms with Gasteiger partial charge in [-0.3, -0.25) is 8.86 Å². The van der Waals surface area contributed by atoms with Gasteiger partial charge in [-0.1, -0.05) is 12.7 Å². The fourth-order valence-corrected chi connectivity index (χ4v) is 0.690. The van der Waals surface area contributed by atoms with E-state index < -0.39 is 11.3 Å². The van der Waals surface area contributed by atoms with Gasteiger partial charge in [0.2, 0.25) is 0 Å². The van der Waals surface area contributed by atoms with Crippen LogP contribution in [-0.2, 0) is 11.3 Å². The zero-order valence-electron chi connectivity index (χ0n) is 4.99. The van der Waals surface area contributed by atoms with Crippen molar-refractivity contribution in [3.63, 3.8) is 0 Å². The highest BCUT2D eigenvalue weighted by molar-refractivity contribution is 7.76. The summed E-state index contributed by atoms with van der Waals surface area (Å²) in [6.07, 6.45) is 2.81.